The van der Waals surface area contributed by atoms with E-state index in [1.54, 1.807) is 30.5 Å². The van der Waals surface area contributed by atoms with Crippen molar-refractivity contribution >= 4 is 22.6 Å². The van der Waals surface area contributed by atoms with Crippen LogP contribution in [0.1, 0.15) is 5.56 Å². The van der Waals surface area contributed by atoms with Crippen molar-refractivity contribution in [3.8, 4) is 11.3 Å². The minimum Gasteiger partial charge on any atom is -0.237 e. The van der Waals surface area contributed by atoms with Gasteiger partial charge >= 0.3 is 0 Å². The Hall–Kier alpha value is -2.00. The third kappa shape index (κ3) is 2.17. The molecule has 0 N–H and O–H groups in total. The maximum atomic E-state index is 13.9. The Morgan fingerprint density at radius 1 is 1.16 bits per heavy atom. The Morgan fingerprint density at radius 3 is 2.84 bits per heavy atom. The number of pyridine rings is 2. The fraction of sp³-hybridized carbons (Fsp3) is 0.0667. The van der Waals surface area contributed by atoms with E-state index in [2.05, 4.69) is 9.97 Å². The fourth-order valence-electron chi connectivity index (χ4n) is 1.99. The number of hydrogen-bond donors (Lipinski definition) is 0. The van der Waals surface area contributed by atoms with E-state index in [4.69, 9.17) is 11.6 Å². The van der Waals surface area contributed by atoms with Crippen molar-refractivity contribution < 1.29 is 4.39 Å². The molecule has 0 aliphatic rings. The van der Waals surface area contributed by atoms with Gasteiger partial charge in [0.05, 0.1) is 10.7 Å². The molecule has 4 heteroatoms. The number of hydrogen-bond acceptors (Lipinski definition) is 2. The van der Waals surface area contributed by atoms with Gasteiger partial charge in [-0.05, 0) is 37.3 Å². The molecule has 0 aliphatic heterocycles. The van der Waals surface area contributed by atoms with Crippen molar-refractivity contribution in [3.63, 3.8) is 0 Å². The Kier molecular flexibility index (Phi) is 2.91. The zero-order valence-corrected chi connectivity index (χ0v) is 10.9. The topological polar surface area (TPSA) is 25.8 Å². The number of aryl methyl sites for hydroxylation is 1. The van der Waals surface area contributed by atoms with Crippen molar-refractivity contribution in [2.24, 2.45) is 0 Å². The van der Waals surface area contributed by atoms with Crippen LogP contribution in [0.15, 0.2) is 42.6 Å². The molecule has 19 heavy (non-hydrogen) atoms. The molecule has 0 spiro atoms. The summed E-state index contributed by atoms with van der Waals surface area (Å²) in [5.41, 5.74) is 2.42. The molecule has 0 radical (unpaired) electrons. The summed E-state index contributed by atoms with van der Waals surface area (Å²) in [4.78, 5) is 8.53. The number of rotatable bonds is 1. The molecule has 0 atom stereocenters. The standard InChI is InChI=1S/C15H10ClFN2/c1-9-4-5-13(17)11(7-9)14-8-12(16)10-3-2-6-18-15(10)19-14/h2-8H,1H3. The summed E-state index contributed by atoms with van der Waals surface area (Å²) in [5.74, 6) is -0.315. The lowest BCUT2D eigenvalue weighted by molar-refractivity contribution is 0.630. The molecule has 0 fully saturated rings. The average molecular weight is 273 g/mol. The van der Waals surface area contributed by atoms with Gasteiger partial charge in [0.1, 0.15) is 5.82 Å². The second-order valence-corrected chi connectivity index (χ2v) is 4.75. The Morgan fingerprint density at radius 2 is 2.00 bits per heavy atom. The molecule has 0 unspecified atom stereocenters. The monoisotopic (exact) mass is 272 g/mol. The lowest BCUT2D eigenvalue weighted by Gasteiger charge is -2.06. The predicted molar refractivity (Wildman–Crippen MR) is 74.7 cm³/mol. The lowest BCUT2D eigenvalue weighted by Crippen LogP contribution is -1.92. The van der Waals surface area contributed by atoms with Gasteiger partial charge in [-0.1, -0.05) is 23.2 Å². The summed E-state index contributed by atoms with van der Waals surface area (Å²) in [5, 5.41) is 1.29. The van der Waals surface area contributed by atoms with E-state index >= 15 is 0 Å². The highest BCUT2D eigenvalue weighted by molar-refractivity contribution is 6.35. The Balaban J connectivity index is 2.28. The molecule has 0 saturated carbocycles. The van der Waals surface area contributed by atoms with Gasteiger partial charge in [-0.25, -0.2) is 14.4 Å². The third-order valence-corrected chi connectivity index (χ3v) is 3.24. The van der Waals surface area contributed by atoms with Crippen molar-refractivity contribution in [3.05, 3.63) is 59.0 Å². The maximum Gasteiger partial charge on any atom is 0.161 e. The molecule has 1 aromatic carbocycles. The molecule has 3 rings (SSSR count). The van der Waals surface area contributed by atoms with Crippen molar-refractivity contribution in [1.82, 2.24) is 9.97 Å². The summed E-state index contributed by atoms with van der Waals surface area (Å²) in [6.45, 7) is 1.91. The van der Waals surface area contributed by atoms with Crippen LogP contribution in [0.3, 0.4) is 0 Å². The van der Waals surface area contributed by atoms with Gasteiger partial charge in [0, 0.05) is 17.1 Å². The van der Waals surface area contributed by atoms with Crippen LogP contribution in [-0.2, 0) is 0 Å². The van der Waals surface area contributed by atoms with Crippen LogP contribution in [0, 0.1) is 12.7 Å². The summed E-state index contributed by atoms with van der Waals surface area (Å²) < 4.78 is 13.9. The zero-order valence-electron chi connectivity index (χ0n) is 10.2. The average Bonchev–Trinajstić information content (AvgIpc) is 2.41. The van der Waals surface area contributed by atoms with E-state index in [0.29, 0.717) is 21.9 Å². The summed E-state index contributed by atoms with van der Waals surface area (Å²) in [7, 11) is 0. The van der Waals surface area contributed by atoms with Gasteiger partial charge in [-0.2, -0.15) is 0 Å². The maximum absolute atomic E-state index is 13.9. The minimum atomic E-state index is -0.315. The van der Waals surface area contributed by atoms with Gasteiger partial charge in [0.2, 0.25) is 0 Å². The number of nitrogens with zero attached hydrogens (tertiary/aromatic N) is 2. The molecule has 2 heterocycles. The van der Waals surface area contributed by atoms with Crippen LogP contribution >= 0.6 is 11.6 Å². The first-order valence-electron chi connectivity index (χ1n) is 5.83. The second kappa shape index (κ2) is 4.59. The Labute approximate surface area is 114 Å². The molecule has 2 nitrogen and oxygen atoms in total. The molecule has 94 valence electrons. The van der Waals surface area contributed by atoms with E-state index < -0.39 is 0 Å². The van der Waals surface area contributed by atoms with Crippen LogP contribution in [0.2, 0.25) is 5.02 Å². The first-order chi connectivity index (χ1) is 9.15. The summed E-state index contributed by atoms with van der Waals surface area (Å²) in [6, 6.07) is 10.2. The highest BCUT2D eigenvalue weighted by Crippen LogP contribution is 2.28. The van der Waals surface area contributed by atoms with E-state index in [1.807, 2.05) is 13.0 Å². The van der Waals surface area contributed by atoms with Crippen molar-refractivity contribution in [2.75, 3.05) is 0 Å². The molecular weight excluding hydrogens is 263 g/mol. The second-order valence-electron chi connectivity index (χ2n) is 4.35. The fourth-order valence-corrected chi connectivity index (χ4v) is 2.24. The molecule has 2 aromatic heterocycles. The zero-order chi connectivity index (χ0) is 13.4. The molecule has 0 amide bonds. The van der Waals surface area contributed by atoms with Crippen LogP contribution < -0.4 is 0 Å². The van der Waals surface area contributed by atoms with Crippen molar-refractivity contribution in [1.29, 1.82) is 0 Å². The SMILES string of the molecule is Cc1ccc(F)c(-c2cc(Cl)c3cccnc3n2)c1. The van der Waals surface area contributed by atoms with Crippen LogP contribution in [0.25, 0.3) is 22.3 Å². The molecule has 0 bridgehead atoms. The number of halogens is 2. The molecule has 0 aliphatic carbocycles. The smallest absolute Gasteiger partial charge is 0.161 e. The summed E-state index contributed by atoms with van der Waals surface area (Å²) in [6.07, 6.45) is 1.64. The van der Waals surface area contributed by atoms with Crippen molar-refractivity contribution in [2.45, 2.75) is 6.92 Å². The van der Waals surface area contributed by atoms with E-state index in [0.717, 1.165) is 10.9 Å². The minimum absolute atomic E-state index is 0.315. The largest absolute Gasteiger partial charge is 0.237 e. The van der Waals surface area contributed by atoms with Crippen LogP contribution in [-0.4, -0.2) is 9.97 Å². The predicted octanol–water partition coefficient (Wildman–Crippen LogP) is 4.40. The lowest BCUT2D eigenvalue weighted by atomic mass is 10.1. The van der Waals surface area contributed by atoms with Gasteiger partial charge in [-0.15, -0.1) is 0 Å². The van der Waals surface area contributed by atoms with E-state index in [-0.39, 0.29) is 5.82 Å². The normalized spacial score (nSPS) is 10.9. The van der Waals surface area contributed by atoms with Gasteiger partial charge in [0.15, 0.2) is 5.65 Å². The van der Waals surface area contributed by atoms with Gasteiger partial charge in [-0.3, -0.25) is 0 Å². The third-order valence-electron chi connectivity index (χ3n) is 2.93. The van der Waals surface area contributed by atoms with Gasteiger partial charge in [0.25, 0.3) is 0 Å². The molecular formula is C15H10ClFN2. The number of aromatic nitrogens is 2. The highest BCUT2D eigenvalue weighted by Gasteiger charge is 2.10. The van der Waals surface area contributed by atoms with Crippen LogP contribution in [0.5, 0.6) is 0 Å². The van der Waals surface area contributed by atoms with Gasteiger partial charge < -0.3 is 0 Å². The van der Waals surface area contributed by atoms with E-state index in [1.165, 1.54) is 6.07 Å². The highest BCUT2D eigenvalue weighted by atomic mass is 35.5. The molecule has 3 aromatic rings. The summed E-state index contributed by atoms with van der Waals surface area (Å²) >= 11 is 6.20. The Bertz CT molecular complexity index is 771. The molecule has 0 saturated heterocycles. The van der Waals surface area contributed by atoms with E-state index in [9.17, 15) is 4.39 Å². The first-order valence-corrected chi connectivity index (χ1v) is 6.21. The quantitative estimate of drug-likeness (QED) is 0.656. The number of fused-ring (bicyclic) bond motifs is 1. The first kappa shape index (κ1) is 12.1. The van der Waals surface area contributed by atoms with Crippen LogP contribution in [0.4, 0.5) is 4.39 Å². The number of benzene rings is 1.